The molecule has 0 radical (unpaired) electrons. The molecule has 6 heteroatoms. The summed E-state index contributed by atoms with van der Waals surface area (Å²) in [6, 6.07) is 14.4. The number of nitrogens with one attached hydrogen (secondary N) is 3. The monoisotopic (exact) mass is 388 g/mol. The molecule has 0 aromatic heterocycles. The fraction of sp³-hybridized carbons (Fsp3) is 0.333. The summed E-state index contributed by atoms with van der Waals surface area (Å²) < 4.78 is 0. The maximum Gasteiger partial charge on any atom is 0.287 e. The third kappa shape index (κ3) is 6.08. The average molecular weight is 389 g/mol. The number of carbonyl (C=O) groups is 2. The zero-order chi connectivity index (χ0) is 19.8. The number of hydrogen-bond acceptors (Lipinski definition) is 2. The van der Waals surface area contributed by atoms with E-state index in [4.69, 9.17) is 11.6 Å². The fourth-order valence-corrected chi connectivity index (χ4v) is 3.05. The molecule has 3 N–H and O–H groups in total. The highest BCUT2D eigenvalue weighted by molar-refractivity contribution is 6.31. The minimum Gasteiger partial charge on any atom is -0.351 e. The second-order valence-corrected chi connectivity index (χ2v) is 7.08. The highest BCUT2D eigenvalue weighted by Crippen LogP contribution is 2.21. The van der Waals surface area contributed by atoms with Crippen LogP contribution in [0.25, 0.3) is 0 Å². The molecule has 0 heterocycles. The number of rotatable bonds is 8. The van der Waals surface area contributed by atoms with Gasteiger partial charge in [-0.05, 0) is 31.0 Å². The maximum atomic E-state index is 13.0. The third-order valence-electron chi connectivity index (χ3n) is 4.34. The Kier molecular flexibility index (Phi) is 7.82. The Balaban J connectivity index is 2.19. The minimum atomic E-state index is -0.515. The van der Waals surface area contributed by atoms with Gasteiger partial charge in [0.1, 0.15) is 0 Å². The summed E-state index contributed by atoms with van der Waals surface area (Å²) >= 11 is 6.16. The van der Waals surface area contributed by atoms with Gasteiger partial charge >= 0.3 is 0 Å². The van der Waals surface area contributed by atoms with Crippen LogP contribution in [-0.2, 0) is 9.59 Å². The van der Waals surface area contributed by atoms with E-state index in [1.54, 1.807) is 6.07 Å². The first-order valence-corrected chi connectivity index (χ1v) is 9.51. The molecule has 5 nitrogen and oxygen atoms in total. The van der Waals surface area contributed by atoms with Crippen molar-refractivity contribution in [2.24, 2.45) is 0 Å². The molecule has 0 saturated heterocycles. The Labute approximate surface area is 165 Å². The zero-order valence-electron chi connectivity index (χ0n) is 16.0. The van der Waals surface area contributed by atoms with E-state index >= 15 is 0 Å². The molecule has 2 aromatic carbocycles. The smallest absolute Gasteiger partial charge is 0.287 e. The quantitative estimate of drug-likeness (QED) is 0.650. The van der Waals surface area contributed by atoms with Crippen molar-refractivity contribution in [3.63, 3.8) is 0 Å². The Bertz CT molecular complexity index is 780. The van der Waals surface area contributed by atoms with Crippen LogP contribution in [0.3, 0.4) is 0 Å². The molecule has 144 valence electrons. The number of likely N-dealkylation sites (N-methyl/N-ethyl adjacent to an activating group) is 1. The van der Waals surface area contributed by atoms with Gasteiger partial charge in [0.2, 0.25) is 0 Å². The standard InChI is InChI=1S/C21H26ClN3O2/c1-4-12-23-19(26)14-25(3)20(16-8-6-5-7-9-16)21(27)24-17-11-10-15(2)18(22)13-17/h5-11,13,20H,4,12,14H2,1-3H3,(H,23,26)(H,24,27)/p+1/t20-/m0/s1. The molecule has 0 fully saturated rings. The number of amides is 2. The lowest BCUT2D eigenvalue weighted by molar-refractivity contribution is -0.894. The second-order valence-electron chi connectivity index (χ2n) is 6.67. The highest BCUT2D eigenvalue weighted by atomic mass is 35.5. The summed E-state index contributed by atoms with van der Waals surface area (Å²) in [5.41, 5.74) is 2.44. The summed E-state index contributed by atoms with van der Waals surface area (Å²) in [6.45, 7) is 4.76. The Morgan fingerprint density at radius 2 is 1.85 bits per heavy atom. The Morgan fingerprint density at radius 3 is 2.48 bits per heavy atom. The summed E-state index contributed by atoms with van der Waals surface area (Å²) in [5, 5.41) is 6.39. The van der Waals surface area contributed by atoms with Crippen molar-refractivity contribution < 1.29 is 14.5 Å². The van der Waals surface area contributed by atoms with Gasteiger partial charge in [0.25, 0.3) is 11.8 Å². The lowest BCUT2D eigenvalue weighted by Gasteiger charge is -2.24. The molecule has 0 bridgehead atoms. The molecule has 0 aliphatic heterocycles. The first-order chi connectivity index (χ1) is 12.9. The first kappa shape index (κ1) is 20.9. The molecule has 2 aromatic rings. The van der Waals surface area contributed by atoms with Gasteiger partial charge in [0, 0.05) is 22.8 Å². The number of carbonyl (C=O) groups excluding carboxylic acids is 2. The minimum absolute atomic E-state index is 0.0681. The van der Waals surface area contributed by atoms with Crippen LogP contribution in [0.5, 0.6) is 0 Å². The molecule has 0 spiro atoms. The van der Waals surface area contributed by atoms with Crippen molar-refractivity contribution in [3.05, 3.63) is 64.7 Å². The molecule has 1 unspecified atom stereocenters. The summed E-state index contributed by atoms with van der Waals surface area (Å²) in [6.07, 6.45) is 0.877. The van der Waals surface area contributed by atoms with E-state index in [-0.39, 0.29) is 18.4 Å². The van der Waals surface area contributed by atoms with Crippen molar-refractivity contribution in [2.75, 3.05) is 25.5 Å². The number of halogens is 1. The van der Waals surface area contributed by atoms with E-state index in [9.17, 15) is 9.59 Å². The van der Waals surface area contributed by atoms with Crippen LogP contribution in [0.4, 0.5) is 5.69 Å². The van der Waals surface area contributed by atoms with Gasteiger partial charge in [-0.3, -0.25) is 9.59 Å². The number of anilines is 1. The van der Waals surface area contributed by atoms with Crippen LogP contribution in [0.1, 0.15) is 30.5 Å². The molecular weight excluding hydrogens is 362 g/mol. The number of hydrogen-bond donors (Lipinski definition) is 3. The molecule has 27 heavy (non-hydrogen) atoms. The van der Waals surface area contributed by atoms with Gasteiger partial charge in [-0.1, -0.05) is 54.9 Å². The van der Waals surface area contributed by atoms with E-state index in [0.717, 1.165) is 22.4 Å². The Hall–Kier alpha value is -2.37. The van der Waals surface area contributed by atoms with Crippen LogP contribution >= 0.6 is 11.6 Å². The van der Waals surface area contributed by atoms with Gasteiger partial charge in [-0.15, -0.1) is 0 Å². The first-order valence-electron chi connectivity index (χ1n) is 9.13. The summed E-state index contributed by atoms with van der Waals surface area (Å²) in [4.78, 5) is 26.0. The van der Waals surface area contributed by atoms with Crippen molar-refractivity contribution in [1.29, 1.82) is 0 Å². The van der Waals surface area contributed by atoms with Gasteiger partial charge in [0.15, 0.2) is 12.6 Å². The predicted octanol–water partition coefficient (Wildman–Crippen LogP) is 2.37. The zero-order valence-corrected chi connectivity index (χ0v) is 16.8. The SMILES string of the molecule is CCCNC(=O)C[NH+](C)[C@H](C(=O)Nc1ccc(C)c(Cl)c1)c1ccccc1. The van der Waals surface area contributed by atoms with Crippen molar-refractivity contribution >= 4 is 29.1 Å². The molecule has 0 aliphatic carbocycles. The van der Waals surface area contributed by atoms with Gasteiger partial charge in [-0.25, -0.2) is 0 Å². The normalized spacial score (nSPS) is 12.9. The lowest BCUT2D eigenvalue weighted by Crippen LogP contribution is -3.11. The summed E-state index contributed by atoms with van der Waals surface area (Å²) in [7, 11) is 1.85. The van der Waals surface area contributed by atoms with E-state index in [0.29, 0.717) is 17.3 Å². The van der Waals surface area contributed by atoms with E-state index < -0.39 is 6.04 Å². The Morgan fingerprint density at radius 1 is 1.15 bits per heavy atom. The predicted molar refractivity (Wildman–Crippen MR) is 109 cm³/mol. The molecular formula is C21H27ClN3O2+. The van der Waals surface area contributed by atoms with Crippen molar-refractivity contribution in [1.82, 2.24) is 5.32 Å². The van der Waals surface area contributed by atoms with Crippen molar-refractivity contribution in [3.8, 4) is 0 Å². The van der Waals surface area contributed by atoms with E-state index in [1.807, 2.05) is 63.4 Å². The number of quaternary nitrogens is 1. The van der Waals surface area contributed by atoms with Gasteiger partial charge < -0.3 is 15.5 Å². The average Bonchev–Trinajstić information content (AvgIpc) is 2.64. The van der Waals surface area contributed by atoms with Crippen molar-refractivity contribution in [2.45, 2.75) is 26.3 Å². The molecule has 2 rings (SSSR count). The second kappa shape index (κ2) is 10.1. The third-order valence-corrected chi connectivity index (χ3v) is 4.75. The van der Waals surface area contributed by atoms with Crippen LogP contribution in [0.15, 0.2) is 48.5 Å². The molecule has 2 atom stereocenters. The topological polar surface area (TPSA) is 62.6 Å². The highest BCUT2D eigenvalue weighted by Gasteiger charge is 2.30. The molecule has 0 aliphatic rings. The van der Waals surface area contributed by atoms with E-state index in [1.165, 1.54) is 0 Å². The largest absolute Gasteiger partial charge is 0.351 e. The van der Waals surface area contributed by atoms with Crippen LogP contribution < -0.4 is 15.5 Å². The number of aryl methyl sites for hydroxylation is 1. The van der Waals surface area contributed by atoms with E-state index in [2.05, 4.69) is 10.6 Å². The summed E-state index contributed by atoms with van der Waals surface area (Å²) in [5.74, 6) is -0.247. The van der Waals surface area contributed by atoms with Gasteiger partial charge in [-0.2, -0.15) is 0 Å². The molecule has 0 saturated carbocycles. The lowest BCUT2D eigenvalue weighted by atomic mass is 10.0. The fourth-order valence-electron chi connectivity index (χ4n) is 2.87. The van der Waals surface area contributed by atoms with Crippen LogP contribution in [-0.4, -0.2) is 32.0 Å². The maximum absolute atomic E-state index is 13.0. The van der Waals surface area contributed by atoms with Gasteiger partial charge in [0.05, 0.1) is 7.05 Å². The van der Waals surface area contributed by atoms with Crippen LogP contribution in [0, 0.1) is 6.92 Å². The van der Waals surface area contributed by atoms with Crippen LogP contribution in [0.2, 0.25) is 5.02 Å². The molecule has 2 amide bonds. The number of benzene rings is 2.